The molecule has 1 N–H and O–H groups in total. The Morgan fingerprint density at radius 3 is 2.88 bits per heavy atom. The third-order valence-electron chi connectivity index (χ3n) is 4.10. The first-order valence-corrected chi connectivity index (χ1v) is 8.17. The Morgan fingerprint density at radius 2 is 2.08 bits per heavy atom. The number of hydrogen-bond acceptors (Lipinski definition) is 5. The van der Waals surface area contributed by atoms with Crippen LogP contribution in [0, 0.1) is 0 Å². The van der Waals surface area contributed by atoms with Crippen LogP contribution in [0.2, 0.25) is 0 Å². The van der Waals surface area contributed by atoms with Crippen LogP contribution in [0.4, 0.5) is 0 Å². The lowest BCUT2D eigenvalue weighted by Gasteiger charge is -2.29. The predicted molar refractivity (Wildman–Crippen MR) is 90.9 cm³/mol. The number of carbonyl (C=O) groups excluding carboxylic acids is 1. The Balaban J connectivity index is 1.64. The SMILES string of the molecule is C[C@@H](CN1CCOCC1)NC(=O)Cn1c(=O)cnc2ccccc21. The molecule has 1 atom stereocenters. The van der Waals surface area contributed by atoms with Crippen molar-refractivity contribution in [2.45, 2.75) is 19.5 Å². The van der Waals surface area contributed by atoms with Gasteiger partial charge in [-0.2, -0.15) is 0 Å². The van der Waals surface area contributed by atoms with E-state index in [0.29, 0.717) is 11.0 Å². The summed E-state index contributed by atoms with van der Waals surface area (Å²) < 4.78 is 6.78. The third-order valence-corrected chi connectivity index (χ3v) is 4.10. The Morgan fingerprint density at radius 1 is 1.33 bits per heavy atom. The molecule has 24 heavy (non-hydrogen) atoms. The van der Waals surface area contributed by atoms with E-state index in [1.807, 2.05) is 25.1 Å². The molecule has 0 radical (unpaired) electrons. The van der Waals surface area contributed by atoms with Gasteiger partial charge in [-0.15, -0.1) is 0 Å². The van der Waals surface area contributed by atoms with E-state index in [1.165, 1.54) is 10.8 Å². The Hall–Kier alpha value is -2.25. The number of rotatable bonds is 5. The number of ether oxygens (including phenoxy) is 1. The number of carbonyl (C=O) groups is 1. The van der Waals surface area contributed by atoms with Crippen LogP contribution in [0.3, 0.4) is 0 Å². The smallest absolute Gasteiger partial charge is 0.269 e. The molecule has 0 aliphatic carbocycles. The molecular formula is C17H22N4O3. The lowest BCUT2D eigenvalue weighted by molar-refractivity contribution is -0.122. The van der Waals surface area contributed by atoms with E-state index in [-0.39, 0.29) is 24.1 Å². The van der Waals surface area contributed by atoms with Crippen molar-refractivity contribution in [1.82, 2.24) is 19.8 Å². The van der Waals surface area contributed by atoms with Crippen molar-refractivity contribution in [3.05, 3.63) is 40.8 Å². The average Bonchev–Trinajstić information content (AvgIpc) is 2.58. The molecule has 1 aromatic heterocycles. The van der Waals surface area contributed by atoms with Gasteiger partial charge in [0, 0.05) is 25.7 Å². The van der Waals surface area contributed by atoms with Gasteiger partial charge in [-0.3, -0.25) is 19.1 Å². The van der Waals surface area contributed by atoms with Crippen molar-refractivity contribution >= 4 is 16.9 Å². The maximum absolute atomic E-state index is 12.3. The number of nitrogens with zero attached hydrogens (tertiary/aromatic N) is 3. The van der Waals surface area contributed by atoms with Crippen LogP contribution in [0.25, 0.3) is 11.0 Å². The van der Waals surface area contributed by atoms with Crippen molar-refractivity contribution in [1.29, 1.82) is 0 Å². The second kappa shape index (κ2) is 7.55. The van der Waals surface area contributed by atoms with Crippen molar-refractivity contribution < 1.29 is 9.53 Å². The molecule has 0 saturated carbocycles. The Kier molecular flexibility index (Phi) is 5.22. The summed E-state index contributed by atoms with van der Waals surface area (Å²) in [6.45, 7) is 5.98. The van der Waals surface area contributed by atoms with Crippen LogP contribution in [0.5, 0.6) is 0 Å². The van der Waals surface area contributed by atoms with Gasteiger partial charge in [0.1, 0.15) is 6.54 Å². The van der Waals surface area contributed by atoms with E-state index < -0.39 is 0 Å². The summed E-state index contributed by atoms with van der Waals surface area (Å²) in [5.41, 5.74) is 1.09. The molecule has 3 rings (SSSR count). The second-order valence-corrected chi connectivity index (χ2v) is 6.05. The molecule has 2 aromatic rings. The summed E-state index contributed by atoms with van der Waals surface area (Å²) in [5.74, 6) is -0.172. The highest BCUT2D eigenvalue weighted by Crippen LogP contribution is 2.08. The number of aromatic nitrogens is 2. The van der Waals surface area contributed by atoms with Crippen LogP contribution in [0.1, 0.15) is 6.92 Å². The summed E-state index contributed by atoms with van der Waals surface area (Å²) >= 11 is 0. The molecule has 1 saturated heterocycles. The van der Waals surface area contributed by atoms with Crippen molar-refractivity contribution in [3.63, 3.8) is 0 Å². The molecule has 0 bridgehead atoms. The van der Waals surface area contributed by atoms with E-state index in [4.69, 9.17) is 4.74 Å². The summed E-state index contributed by atoms with van der Waals surface area (Å²) in [7, 11) is 0. The van der Waals surface area contributed by atoms with Gasteiger partial charge < -0.3 is 10.1 Å². The number of morpholine rings is 1. The predicted octanol–water partition coefficient (Wildman–Crippen LogP) is 0.233. The molecular weight excluding hydrogens is 308 g/mol. The lowest BCUT2D eigenvalue weighted by Crippen LogP contribution is -2.47. The van der Waals surface area contributed by atoms with Gasteiger partial charge in [-0.25, -0.2) is 4.98 Å². The zero-order valence-corrected chi connectivity index (χ0v) is 13.8. The second-order valence-electron chi connectivity index (χ2n) is 6.05. The zero-order valence-electron chi connectivity index (χ0n) is 13.8. The van der Waals surface area contributed by atoms with Crippen molar-refractivity contribution in [2.75, 3.05) is 32.8 Å². The quantitative estimate of drug-likeness (QED) is 0.849. The molecule has 128 valence electrons. The van der Waals surface area contributed by atoms with E-state index >= 15 is 0 Å². The maximum Gasteiger partial charge on any atom is 0.269 e. The van der Waals surface area contributed by atoms with Crippen LogP contribution >= 0.6 is 0 Å². The van der Waals surface area contributed by atoms with Gasteiger partial charge in [0.25, 0.3) is 5.56 Å². The van der Waals surface area contributed by atoms with Crippen LogP contribution in [-0.4, -0.2) is 59.2 Å². The molecule has 1 aliphatic heterocycles. The minimum atomic E-state index is -0.273. The largest absolute Gasteiger partial charge is 0.379 e. The van der Waals surface area contributed by atoms with Gasteiger partial charge in [-0.1, -0.05) is 12.1 Å². The topological polar surface area (TPSA) is 76.5 Å². The first kappa shape index (κ1) is 16.6. The van der Waals surface area contributed by atoms with E-state index in [0.717, 1.165) is 32.8 Å². The Labute approximate surface area is 140 Å². The fourth-order valence-electron chi connectivity index (χ4n) is 2.96. The number of para-hydroxylation sites is 2. The van der Waals surface area contributed by atoms with Gasteiger partial charge in [0.2, 0.25) is 5.91 Å². The molecule has 1 amide bonds. The Bertz CT molecular complexity index is 768. The van der Waals surface area contributed by atoms with E-state index in [2.05, 4.69) is 15.2 Å². The minimum Gasteiger partial charge on any atom is -0.379 e. The number of fused-ring (bicyclic) bond motifs is 1. The van der Waals surface area contributed by atoms with Crippen LogP contribution in [-0.2, 0) is 16.1 Å². The number of amides is 1. The molecule has 1 aliphatic rings. The maximum atomic E-state index is 12.3. The first-order valence-electron chi connectivity index (χ1n) is 8.17. The third kappa shape index (κ3) is 3.98. The highest BCUT2D eigenvalue weighted by atomic mass is 16.5. The highest BCUT2D eigenvalue weighted by molar-refractivity contribution is 5.80. The minimum absolute atomic E-state index is 0.00465. The summed E-state index contributed by atoms with van der Waals surface area (Å²) in [6, 6.07) is 7.32. The number of nitrogens with one attached hydrogen (secondary N) is 1. The van der Waals surface area contributed by atoms with Crippen molar-refractivity contribution in [3.8, 4) is 0 Å². The van der Waals surface area contributed by atoms with E-state index in [1.54, 1.807) is 6.07 Å². The number of benzene rings is 1. The normalized spacial score (nSPS) is 16.9. The average molecular weight is 330 g/mol. The molecule has 7 nitrogen and oxygen atoms in total. The molecule has 0 unspecified atom stereocenters. The molecule has 1 fully saturated rings. The molecule has 0 spiro atoms. The van der Waals surface area contributed by atoms with Crippen molar-refractivity contribution in [2.24, 2.45) is 0 Å². The van der Waals surface area contributed by atoms with Crippen LogP contribution in [0.15, 0.2) is 35.3 Å². The van der Waals surface area contributed by atoms with Crippen LogP contribution < -0.4 is 10.9 Å². The molecule has 2 heterocycles. The molecule has 7 heteroatoms. The zero-order chi connectivity index (χ0) is 16.9. The first-order chi connectivity index (χ1) is 11.6. The lowest BCUT2D eigenvalue weighted by atomic mass is 10.2. The summed E-state index contributed by atoms with van der Waals surface area (Å²) in [5, 5.41) is 2.97. The monoisotopic (exact) mass is 330 g/mol. The van der Waals surface area contributed by atoms with Gasteiger partial charge >= 0.3 is 0 Å². The van der Waals surface area contributed by atoms with Gasteiger partial charge in [0.05, 0.1) is 30.4 Å². The molecule has 1 aromatic carbocycles. The van der Waals surface area contributed by atoms with Gasteiger partial charge in [-0.05, 0) is 19.1 Å². The summed E-state index contributed by atoms with van der Waals surface area (Å²) in [4.78, 5) is 30.8. The van der Waals surface area contributed by atoms with E-state index in [9.17, 15) is 9.59 Å². The number of hydrogen-bond donors (Lipinski definition) is 1. The standard InChI is InChI=1S/C17H22N4O3/c1-13(11-20-6-8-24-9-7-20)19-16(22)12-21-15-5-3-2-4-14(15)18-10-17(21)23/h2-5,10,13H,6-9,11-12H2,1H3,(H,19,22)/t13-/m0/s1. The fraction of sp³-hybridized carbons (Fsp3) is 0.471. The summed E-state index contributed by atoms with van der Waals surface area (Å²) in [6.07, 6.45) is 1.26. The van der Waals surface area contributed by atoms with Gasteiger partial charge in [0.15, 0.2) is 0 Å². The fourth-order valence-corrected chi connectivity index (χ4v) is 2.96. The highest BCUT2D eigenvalue weighted by Gasteiger charge is 2.16.